The van der Waals surface area contributed by atoms with Gasteiger partial charge in [-0.2, -0.15) is 0 Å². The van der Waals surface area contributed by atoms with Crippen molar-refractivity contribution in [1.29, 1.82) is 0 Å². The number of carbonyl (C=O) groups is 3. The van der Waals surface area contributed by atoms with Crippen LogP contribution in [0.15, 0.2) is 83.8 Å². The molecule has 0 bridgehead atoms. The predicted octanol–water partition coefficient (Wildman–Crippen LogP) is 5.58. The molecule has 2 saturated heterocycles. The average Bonchev–Trinajstić information content (AvgIpc) is 3.21. The van der Waals surface area contributed by atoms with Gasteiger partial charge in [0.2, 0.25) is 0 Å². The maximum Gasteiger partial charge on any atom is 0.293 e. The molecular weight excluding hydrogens is 518 g/mol. The van der Waals surface area contributed by atoms with Gasteiger partial charge in [-0.15, -0.1) is 0 Å². The average molecular weight is 546 g/mol. The molecule has 0 spiro atoms. The van der Waals surface area contributed by atoms with Gasteiger partial charge in [0.15, 0.2) is 0 Å². The summed E-state index contributed by atoms with van der Waals surface area (Å²) in [5.74, 6) is -0.329. The van der Waals surface area contributed by atoms with Gasteiger partial charge in [-0.1, -0.05) is 72.3 Å². The van der Waals surface area contributed by atoms with Crippen LogP contribution in [0, 0.1) is 0 Å². The smallest absolute Gasteiger partial charge is 0.293 e. The first-order valence-electron chi connectivity index (χ1n) is 12.6. The first kappa shape index (κ1) is 26.2. The van der Waals surface area contributed by atoms with Crippen molar-refractivity contribution in [2.45, 2.75) is 13.0 Å². The summed E-state index contributed by atoms with van der Waals surface area (Å²) in [6.45, 7) is 4.25. The number of nitrogens with zero attached hydrogens (tertiary/aromatic N) is 3. The lowest BCUT2D eigenvalue weighted by Crippen LogP contribution is -2.49. The SMILES string of the molecule is O=C(c1ccc(/C=C2\SC(=O)N(Cc3ccccc3Cl)C2=O)cc1)N1CCN(CCc2ccccc2)CC1. The van der Waals surface area contributed by atoms with Gasteiger partial charge >= 0.3 is 0 Å². The third-order valence-corrected chi connectivity index (χ3v) is 8.11. The zero-order valence-corrected chi connectivity index (χ0v) is 22.5. The minimum atomic E-state index is -0.342. The van der Waals surface area contributed by atoms with Crippen molar-refractivity contribution in [3.8, 4) is 0 Å². The van der Waals surface area contributed by atoms with Crippen LogP contribution < -0.4 is 0 Å². The lowest BCUT2D eigenvalue weighted by atomic mass is 10.1. The van der Waals surface area contributed by atoms with E-state index in [0.29, 0.717) is 28.6 Å². The predicted molar refractivity (Wildman–Crippen MR) is 152 cm³/mol. The van der Waals surface area contributed by atoms with E-state index in [4.69, 9.17) is 11.6 Å². The van der Waals surface area contributed by atoms with Crippen LogP contribution in [0.5, 0.6) is 0 Å². The van der Waals surface area contributed by atoms with Crippen LogP contribution in [0.2, 0.25) is 5.02 Å². The molecule has 8 heteroatoms. The Hall–Kier alpha value is -3.39. The van der Waals surface area contributed by atoms with Gasteiger partial charge in [-0.3, -0.25) is 24.2 Å². The highest BCUT2D eigenvalue weighted by atomic mass is 35.5. The van der Waals surface area contributed by atoms with E-state index in [1.807, 2.05) is 29.2 Å². The number of amides is 3. The van der Waals surface area contributed by atoms with Gasteiger partial charge in [0.1, 0.15) is 0 Å². The molecule has 0 aromatic heterocycles. The van der Waals surface area contributed by atoms with E-state index in [-0.39, 0.29) is 23.6 Å². The summed E-state index contributed by atoms with van der Waals surface area (Å²) in [5, 5.41) is 0.195. The molecule has 0 unspecified atom stereocenters. The first-order valence-corrected chi connectivity index (χ1v) is 13.8. The van der Waals surface area contributed by atoms with Gasteiger partial charge in [0.05, 0.1) is 11.4 Å². The van der Waals surface area contributed by atoms with Crippen LogP contribution in [0.3, 0.4) is 0 Å². The Bertz CT molecular complexity index is 1350. The number of benzene rings is 3. The van der Waals surface area contributed by atoms with Crippen molar-refractivity contribution >= 4 is 46.5 Å². The number of carbonyl (C=O) groups excluding carboxylic acids is 3. The molecule has 3 amide bonds. The highest BCUT2D eigenvalue weighted by Crippen LogP contribution is 2.34. The van der Waals surface area contributed by atoms with Crippen molar-refractivity contribution in [3.05, 3.63) is 111 Å². The molecule has 2 aliphatic rings. The molecule has 2 fully saturated rings. The second kappa shape index (κ2) is 12.0. The van der Waals surface area contributed by atoms with Crippen LogP contribution in [0.4, 0.5) is 4.79 Å². The molecule has 3 aromatic carbocycles. The zero-order chi connectivity index (χ0) is 26.5. The quantitative estimate of drug-likeness (QED) is 0.363. The lowest BCUT2D eigenvalue weighted by molar-refractivity contribution is -0.123. The zero-order valence-electron chi connectivity index (χ0n) is 20.9. The van der Waals surface area contributed by atoms with Gasteiger partial charge in [-0.05, 0) is 59.1 Å². The number of piperazine rings is 1. The largest absolute Gasteiger partial charge is 0.336 e. The molecule has 0 aliphatic carbocycles. The maximum atomic E-state index is 13.1. The van der Waals surface area contributed by atoms with Gasteiger partial charge in [-0.25, -0.2) is 0 Å². The summed E-state index contributed by atoms with van der Waals surface area (Å²) < 4.78 is 0. The first-order chi connectivity index (χ1) is 18.5. The second-order valence-corrected chi connectivity index (χ2v) is 10.8. The fraction of sp³-hybridized carbons (Fsp3) is 0.233. The Kier molecular flexibility index (Phi) is 8.27. The second-order valence-electron chi connectivity index (χ2n) is 9.35. The topological polar surface area (TPSA) is 60.9 Å². The molecule has 3 aromatic rings. The normalized spacial score (nSPS) is 17.4. The highest BCUT2D eigenvalue weighted by Gasteiger charge is 2.35. The van der Waals surface area contributed by atoms with E-state index in [1.165, 1.54) is 10.5 Å². The Labute approximate surface area is 231 Å². The minimum Gasteiger partial charge on any atom is -0.336 e. The van der Waals surface area contributed by atoms with Crippen LogP contribution in [-0.4, -0.2) is 64.5 Å². The van der Waals surface area contributed by atoms with Gasteiger partial charge in [0, 0.05) is 43.3 Å². The Morgan fingerprint density at radius 3 is 2.26 bits per heavy atom. The number of thioether (sulfide) groups is 1. The summed E-state index contributed by atoms with van der Waals surface area (Å²) in [5.41, 5.74) is 3.43. The lowest BCUT2D eigenvalue weighted by Gasteiger charge is -2.34. The fourth-order valence-corrected chi connectivity index (χ4v) is 5.63. The van der Waals surface area contributed by atoms with Crippen LogP contribution >= 0.6 is 23.4 Å². The maximum absolute atomic E-state index is 13.1. The van der Waals surface area contributed by atoms with E-state index in [9.17, 15) is 14.4 Å². The van der Waals surface area contributed by atoms with Crippen molar-refractivity contribution in [2.24, 2.45) is 0 Å². The highest BCUT2D eigenvalue weighted by molar-refractivity contribution is 8.18. The molecule has 2 aliphatic heterocycles. The van der Waals surface area contributed by atoms with E-state index < -0.39 is 0 Å². The standard InChI is InChI=1S/C30H28ClN3O3S/c31-26-9-5-4-8-25(26)21-34-29(36)27(38-30(34)37)20-23-10-12-24(13-11-23)28(35)33-18-16-32(17-19-33)15-14-22-6-2-1-3-7-22/h1-13,20H,14-19,21H2/b27-20-. The van der Waals surface area contributed by atoms with Gasteiger partial charge < -0.3 is 4.90 Å². The summed E-state index contributed by atoms with van der Waals surface area (Å²) >= 11 is 7.11. The molecule has 0 N–H and O–H groups in total. The molecule has 2 heterocycles. The minimum absolute atomic E-state index is 0.0133. The van der Waals surface area contributed by atoms with E-state index in [2.05, 4.69) is 29.2 Å². The van der Waals surface area contributed by atoms with Crippen molar-refractivity contribution in [2.75, 3.05) is 32.7 Å². The molecule has 0 saturated carbocycles. The van der Waals surface area contributed by atoms with Crippen molar-refractivity contribution in [1.82, 2.24) is 14.7 Å². The van der Waals surface area contributed by atoms with Crippen molar-refractivity contribution in [3.63, 3.8) is 0 Å². The molecular formula is C30H28ClN3O3S. The van der Waals surface area contributed by atoms with Crippen LogP contribution in [0.1, 0.15) is 27.0 Å². The van der Waals surface area contributed by atoms with E-state index in [1.54, 1.807) is 36.4 Å². The molecule has 194 valence electrons. The third kappa shape index (κ3) is 6.18. The van der Waals surface area contributed by atoms with Crippen LogP contribution in [0.25, 0.3) is 6.08 Å². The summed E-state index contributed by atoms with van der Waals surface area (Å²) in [4.78, 5) is 44.3. The molecule has 38 heavy (non-hydrogen) atoms. The summed E-state index contributed by atoms with van der Waals surface area (Å²) in [6, 6.07) is 24.8. The monoisotopic (exact) mass is 545 g/mol. The summed E-state index contributed by atoms with van der Waals surface area (Å²) in [6.07, 6.45) is 2.70. The van der Waals surface area contributed by atoms with E-state index in [0.717, 1.165) is 48.9 Å². The Morgan fingerprint density at radius 1 is 0.868 bits per heavy atom. The Morgan fingerprint density at radius 2 is 1.55 bits per heavy atom. The third-order valence-electron chi connectivity index (χ3n) is 6.83. The van der Waals surface area contributed by atoms with Crippen LogP contribution in [-0.2, 0) is 17.8 Å². The van der Waals surface area contributed by atoms with Gasteiger partial charge in [0.25, 0.3) is 17.1 Å². The van der Waals surface area contributed by atoms with E-state index >= 15 is 0 Å². The molecule has 6 nitrogen and oxygen atoms in total. The fourth-order valence-electron chi connectivity index (χ4n) is 4.60. The molecule has 5 rings (SSSR count). The number of hydrogen-bond donors (Lipinski definition) is 0. The Balaban J connectivity index is 1.15. The number of imide groups is 1. The van der Waals surface area contributed by atoms with Crippen molar-refractivity contribution < 1.29 is 14.4 Å². The number of hydrogen-bond acceptors (Lipinski definition) is 5. The number of halogens is 1. The number of rotatable bonds is 7. The summed E-state index contributed by atoms with van der Waals surface area (Å²) in [7, 11) is 0. The molecule has 0 atom stereocenters. The molecule has 0 radical (unpaired) electrons.